The summed E-state index contributed by atoms with van der Waals surface area (Å²) in [4.78, 5) is 12.4. The van der Waals surface area contributed by atoms with E-state index in [0.29, 0.717) is 5.56 Å². The van der Waals surface area contributed by atoms with Crippen molar-refractivity contribution in [2.45, 2.75) is 39.2 Å². The van der Waals surface area contributed by atoms with E-state index in [1.54, 1.807) is 0 Å². The second kappa shape index (κ2) is 7.12. The first kappa shape index (κ1) is 16.5. The SMILES string of the molecule is Cc1ccccc1C(=O)Nc1ccc(-c2nnc3n2CCCCC3)cc1. The van der Waals surface area contributed by atoms with Crippen LogP contribution in [0.15, 0.2) is 48.5 Å². The number of hydrogen-bond donors (Lipinski definition) is 1. The Bertz CT molecular complexity index is 927. The van der Waals surface area contributed by atoms with Gasteiger partial charge in [-0.3, -0.25) is 4.79 Å². The highest BCUT2D eigenvalue weighted by atomic mass is 16.1. The maximum atomic E-state index is 12.4. The molecule has 2 aromatic carbocycles. The summed E-state index contributed by atoms with van der Waals surface area (Å²) in [6, 6.07) is 15.4. The lowest BCUT2D eigenvalue weighted by atomic mass is 10.1. The molecule has 1 aliphatic rings. The molecule has 0 radical (unpaired) electrons. The molecule has 1 amide bonds. The van der Waals surface area contributed by atoms with Crippen molar-refractivity contribution < 1.29 is 4.79 Å². The molecule has 0 spiro atoms. The Labute approximate surface area is 153 Å². The molecule has 5 nitrogen and oxygen atoms in total. The summed E-state index contributed by atoms with van der Waals surface area (Å²) in [7, 11) is 0. The van der Waals surface area contributed by atoms with Crippen LogP contribution in [0.1, 0.15) is 41.0 Å². The smallest absolute Gasteiger partial charge is 0.255 e. The number of aryl methyl sites for hydroxylation is 2. The van der Waals surface area contributed by atoms with Crippen LogP contribution in [0.2, 0.25) is 0 Å². The summed E-state index contributed by atoms with van der Waals surface area (Å²) < 4.78 is 2.23. The van der Waals surface area contributed by atoms with E-state index < -0.39 is 0 Å². The van der Waals surface area contributed by atoms with Crippen LogP contribution in [0.25, 0.3) is 11.4 Å². The van der Waals surface area contributed by atoms with Gasteiger partial charge in [0.15, 0.2) is 5.82 Å². The molecule has 0 atom stereocenters. The lowest BCUT2D eigenvalue weighted by molar-refractivity contribution is 0.102. The number of carbonyl (C=O) groups is 1. The van der Waals surface area contributed by atoms with Gasteiger partial charge < -0.3 is 9.88 Å². The third-order valence-electron chi connectivity index (χ3n) is 4.90. The van der Waals surface area contributed by atoms with E-state index >= 15 is 0 Å². The predicted octanol–water partition coefficient (Wildman–Crippen LogP) is 4.23. The molecular formula is C21H22N4O. The summed E-state index contributed by atoms with van der Waals surface area (Å²) >= 11 is 0. The zero-order valence-electron chi connectivity index (χ0n) is 14.9. The van der Waals surface area contributed by atoms with Gasteiger partial charge in [-0.25, -0.2) is 0 Å². The van der Waals surface area contributed by atoms with Crippen molar-refractivity contribution >= 4 is 11.6 Å². The van der Waals surface area contributed by atoms with Gasteiger partial charge in [-0.2, -0.15) is 0 Å². The number of aromatic nitrogens is 3. The Kier molecular flexibility index (Phi) is 4.52. The highest BCUT2D eigenvalue weighted by Crippen LogP contribution is 2.24. The van der Waals surface area contributed by atoms with Crippen molar-refractivity contribution in [2.75, 3.05) is 5.32 Å². The topological polar surface area (TPSA) is 59.8 Å². The molecular weight excluding hydrogens is 324 g/mol. The summed E-state index contributed by atoms with van der Waals surface area (Å²) in [5.74, 6) is 1.90. The van der Waals surface area contributed by atoms with Gasteiger partial charge >= 0.3 is 0 Å². The molecule has 0 saturated carbocycles. The molecule has 0 unspecified atom stereocenters. The number of fused-ring (bicyclic) bond motifs is 1. The van der Waals surface area contributed by atoms with Crippen molar-refractivity contribution in [3.8, 4) is 11.4 Å². The van der Waals surface area contributed by atoms with Gasteiger partial charge in [0.25, 0.3) is 5.91 Å². The minimum absolute atomic E-state index is 0.0906. The molecule has 1 aliphatic heterocycles. The number of nitrogens with zero attached hydrogens (tertiary/aromatic N) is 3. The summed E-state index contributed by atoms with van der Waals surface area (Å²) in [5.41, 5.74) is 3.46. The van der Waals surface area contributed by atoms with E-state index in [-0.39, 0.29) is 5.91 Å². The van der Waals surface area contributed by atoms with E-state index in [1.807, 2.05) is 55.5 Å². The van der Waals surface area contributed by atoms with Crippen LogP contribution in [-0.4, -0.2) is 20.7 Å². The second-order valence-corrected chi connectivity index (χ2v) is 6.75. The van der Waals surface area contributed by atoms with Crippen molar-refractivity contribution in [2.24, 2.45) is 0 Å². The highest BCUT2D eigenvalue weighted by molar-refractivity contribution is 6.05. The van der Waals surface area contributed by atoms with Crippen LogP contribution in [0, 0.1) is 6.92 Å². The normalized spacial score (nSPS) is 13.7. The Morgan fingerprint density at radius 2 is 1.81 bits per heavy atom. The number of carbonyl (C=O) groups excluding carboxylic acids is 1. The van der Waals surface area contributed by atoms with Crippen molar-refractivity contribution in [1.82, 2.24) is 14.8 Å². The Morgan fingerprint density at radius 3 is 2.62 bits per heavy atom. The van der Waals surface area contributed by atoms with E-state index in [2.05, 4.69) is 20.1 Å². The molecule has 1 aromatic heterocycles. The van der Waals surface area contributed by atoms with Gasteiger partial charge in [0.05, 0.1) is 0 Å². The van der Waals surface area contributed by atoms with E-state index in [1.165, 1.54) is 19.3 Å². The van der Waals surface area contributed by atoms with Crippen LogP contribution in [-0.2, 0) is 13.0 Å². The quantitative estimate of drug-likeness (QED) is 0.772. The Hall–Kier alpha value is -2.95. The third-order valence-corrected chi connectivity index (χ3v) is 4.90. The first-order valence-electron chi connectivity index (χ1n) is 9.12. The van der Waals surface area contributed by atoms with E-state index in [0.717, 1.165) is 41.4 Å². The summed E-state index contributed by atoms with van der Waals surface area (Å²) in [6.07, 6.45) is 4.59. The van der Waals surface area contributed by atoms with Crippen molar-refractivity contribution in [1.29, 1.82) is 0 Å². The van der Waals surface area contributed by atoms with Gasteiger partial charge in [-0.1, -0.05) is 24.6 Å². The van der Waals surface area contributed by atoms with Gasteiger partial charge in [-0.05, 0) is 55.7 Å². The number of rotatable bonds is 3. The zero-order chi connectivity index (χ0) is 17.9. The molecule has 0 fully saturated rings. The fraction of sp³-hybridized carbons (Fsp3) is 0.286. The Morgan fingerprint density at radius 1 is 1.00 bits per heavy atom. The highest BCUT2D eigenvalue weighted by Gasteiger charge is 2.16. The van der Waals surface area contributed by atoms with E-state index in [9.17, 15) is 4.79 Å². The molecule has 3 aromatic rings. The molecule has 0 bridgehead atoms. The average molecular weight is 346 g/mol. The van der Waals surface area contributed by atoms with Crippen LogP contribution in [0.4, 0.5) is 5.69 Å². The maximum absolute atomic E-state index is 12.4. The summed E-state index contributed by atoms with van der Waals surface area (Å²) in [6.45, 7) is 2.92. The molecule has 0 aliphatic carbocycles. The van der Waals surface area contributed by atoms with Gasteiger partial charge in [0.2, 0.25) is 0 Å². The van der Waals surface area contributed by atoms with Gasteiger partial charge in [0.1, 0.15) is 5.82 Å². The number of nitrogens with one attached hydrogen (secondary N) is 1. The minimum Gasteiger partial charge on any atom is -0.322 e. The lowest BCUT2D eigenvalue weighted by Crippen LogP contribution is -2.13. The standard InChI is InChI=1S/C21H22N4O/c1-15-7-4-5-8-18(15)21(26)22-17-12-10-16(11-13-17)20-24-23-19-9-3-2-6-14-25(19)20/h4-5,7-8,10-13H,2-3,6,9,14H2,1H3,(H,22,26). The second-order valence-electron chi connectivity index (χ2n) is 6.75. The van der Waals surface area contributed by atoms with Crippen LogP contribution < -0.4 is 5.32 Å². The molecule has 2 heterocycles. The number of anilines is 1. The minimum atomic E-state index is -0.0906. The number of amides is 1. The van der Waals surface area contributed by atoms with Gasteiger partial charge in [-0.15, -0.1) is 10.2 Å². The molecule has 1 N–H and O–H groups in total. The third kappa shape index (κ3) is 3.25. The van der Waals surface area contributed by atoms with Crippen molar-refractivity contribution in [3.63, 3.8) is 0 Å². The van der Waals surface area contributed by atoms with Gasteiger partial charge in [0, 0.05) is 29.8 Å². The first-order chi connectivity index (χ1) is 12.7. The predicted molar refractivity (Wildman–Crippen MR) is 102 cm³/mol. The maximum Gasteiger partial charge on any atom is 0.255 e. The van der Waals surface area contributed by atoms with Crippen LogP contribution in [0.3, 0.4) is 0 Å². The first-order valence-corrected chi connectivity index (χ1v) is 9.12. The summed E-state index contributed by atoms with van der Waals surface area (Å²) in [5, 5.41) is 11.7. The molecule has 0 saturated heterocycles. The fourth-order valence-corrected chi connectivity index (χ4v) is 3.43. The van der Waals surface area contributed by atoms with Crippen molar-refractivity contribution in [3.05, 3.63) is 65.5 Å². The number of benzene rings is 2. The molecule has 5 heteroatoms. The largest absolute Gasteiger partial charge is 0.322 e. The number of hydrogen-bond acceptors (Lipinski definition) is 3. The lowest BCUT2D eigenvalue weighted by Gasteiger charge is -2.09. The fourth-order valence-electron chi connectivity index (χ4n) is 3.43. The zero-order valence-corrected chi connectivity index (χ0v) is 14.9. The monoisotopic (exact) mass is 346 g/mol. The Balaban J connectivity index is 1.54. The molecule has 132 valence electrons. The molecule has 26 heavy (non-hydrogen) atoms. The van der Waals surface area contributed by atoms with Crippen LogP contribution >= 0.6 is 0 Å². The molecule has 4 rings (SSSR count). The van der Waals surface area contributed by atoms with Crippen LogP contribution in [0.5, 0.6) is 0 Å². The van der Waals surface area contributed by atoms with E-state index in [4.69, 9.17) is 0 Å². The average Bonchev–Trinajstić information content (AvgIpc) is 2.91.